The van der Waals surface area contributed by atoms with Gasteiger partial charge in [-0.2, -0.15) is 0 Å². The molecule has 0 atom stereocenters. The fourth-order valence-corrected chi connectivity index (χ4v) is 0. The largest absolute Gasteiger partial charge is 0.187 e. The molecular formula is CH7AlCdO6P. The number of hydrogen-bond acceptors (Lipinski definition) is 2. The molecule has 57 valence electrons. The molecule has 6 nitrogen and oxygen atoms in total. The van der Waals surface area contributed by atoms with Crippen LogP contribution < -0.4 is 0 Å². The van der Waals surface area contributed by atoms with E-state index in [4.69, 9.17) is 29.1 Å². The Morgan fingerprint density at radius 3 is 1.30 bits per heavy atom. The van der Waals surface area contributed by atoms with Gasteiger partial charge in [0.15, 0.2) is 17.4 Å². The summed E-state index contributed by atoms with van der Waals surface area (Å²) in [6.45, 7) is 0. The predicted octanol–water partition coefficient (Wildman–Crippen LogP) is -1.90. The number of carbonyl (C=O) groups is 1. The molecular weight excluding hydrogens is 278 g/mol. The summed E-state index contributed by atoms with van der Waals surface area (Å²) in [5.41, 5.74) is 0. The molecule has 0 aromatic rings. The Hall–Kier alpha value is 1.03. The molecule has 0 aliphatic heterocycles. The van der Waals surface area contributed by atoms with Gasteiger partial charge >= 0.3 is 47.0 Å². The fourth-order valence-electron chi connectivity index (χ4n) is 0. The minimum Gasteiger partial charge on any atom is 0.187 e. The quantitative estimate of drug-likeness (QED) is 0.305. The van der Waals surface area contributed by atoms with E-state index in [9.17, 15) is 0 Å². The summed E-state index contributed by atoms with van der Waals surface area (Å²) < 4.78 is 8.22. The van der Waals surface area contributed by atoms with Crippen LogP contribution in [0.4, 0.5) is 4.79 Å². The van der Waals surface area contributed by atoms with Gasteiger partial charge in [-0.1, -0.05) is 0 Å². The standard InChI is InChI=1S/CHO2.Al.Cd.H3O4P.3H/c2-1-3;;;1-5(2,3)4;;;/h(H,2,3);;;(H3,1,2,3,4);;;. The first-order valence-electron chi connectivity index (χ1n) is 1.56. The van der Waals surface area contributed by atoms with Gasteiger partial charge in [0, 0.05) is 0 Å². The normalized spacial score (nSPS) is 8.50. The summed E-state index contributed by atoms with van der Waals surface area (Å²) in [6, 6.07) is 0. The van der Waals surface area contributed by atoms with Gasteiger partial charge in [0.2, 0.25) is 0 Å². The average Bonchev–Trinajstić information content (AvgIpc) is 1.19. The first-order valence-corrected chi connectivity index (χ1v) is 5.15. The minimum atomic E-state index is -4.64. The van der Waals surface area contributed by atoms with Crippen molar-refractivity contribution in [3.8, 4) is 0 Å². The van der Waals surface area contributed by atoms with Crippen molar-refractivity contribution in [1.29, 1.82) is 0 Å². The molecule has 0 spiro atoms. The van der Waals surface area contributed by atoms with Crippen LogP contribution >= 0.6 is 7.82 Å². The van der Waals surface area contributed by atoms with Crippen molar-refractivity contribution in [3.63, 3.8) is 0 Å². The van der Waals surface area contributed by atoms with E-state index in [-0.39, 0.29) is 43.1 Å². The van der Waals surface area contributed by atoms with Gasteiger partial charge in [-0.05, 0) is 0 Å². The fraction of sp³-hybridized carbons (Fsp3) is 0. The number of rotatable bonds is 0. The second-order valence-corrected chi connectivity index (χ2v) is 3.66. The predicted molar refractivity (Wildman–Crippen MR) is 32.2 cm³/mol. The van der Waals surface area contributed by atoms with E-state index in [0.717, 1.165) is 0 Å². The minimum absolute atomic E-state index is 0. The van der Waals surface area contributed by atoms with Gasteiger partial charge in [-0.3, -0.25) is 0 Å². The molecule has 10 heavy (non-hydrogen) atoms. The van der Waals surface area contributed by atoms with Gasteiger partial charge in [0.05, 0.1) is 0 Å². The number of hydrogen-bond donors (Lipinski definition) is 4. The Labute approximate surface area is 83.3 Å². The zero-order valence-electron chi connectivity index (χ0n) is 4.26. The van der Waals surface area contributed by atoms with Gasteiger partial charge in [0.25, 0.3) is 0 Å². The van der Waals surface area contributed by atoms with Crippen LogP contribution in [0.25, 0.3) is 0 Å². The van der Waals surface area contributed by atoms with E-state index in [0.29, 0.717) is 0 Å². The smallest absolute Gasteiger partial charge is 0.187 e. The van der Waals surface area contributed by atoms with Crippen molar-refractivity contribution in [2.75, 3.05) is 0 Å². The first kappa shape index (κ1) is 17.2. The van der Waals surface area contributed by atoms with Crippen molar-refractivity contribution in [2.45, 2.75) is 0 Å². The maximum Gasteiger partial charge on any atom is 0.187 e. The molecule has 0 rings (SSSR count). The molecule has 0 saturated carbocycles. The summed E-state index contributed by atoms with van der Waals surface area (Å²) in [4.78, 5) is 30.6. The maximum absolute atomic E-state index is 9.08. The third-order valence-electron chi connectivity index (χ3n) is 0. The van der Waals surface area contributed by atoms with E-state index < -0.39 is 11.4 Å². The molecule has 0 saturated heterocycles. The maximum atomic E-state index is 9.08. The SMILES string of the molecule is O=P(O)(O)O.O=[C](O)[Cd].[AlH3]. The van der Waals surface area contributed by atoms with Crippen molar-refractivity contribution >= 4 is 28.7 Å². The molecule has 0 fully saturated rings. The second kappa shape index (κ2) is 8.13. The van der Waals surface area contributed by atoms with E-state index >= 15 is 0 Å². The Balaban J connectivity index is -0.0000000910. The zero-order valence-corrected chi connectivity index (χ0v) is 9.19. The summed E-state index contributed by atoms with van der Waals surface area (Å²) in [7, 11) is -4.64. The molecule has 0 heterocycles. The third kappa shape index (κ3) is 545. The number of carboxylic acid groups (broad SMARTS) is 1. The Bertz CT molecular complexity index is 117. The second-order valence-electron chi connectivity index (χ2n) is 0.907. The van der Waals surface area contributed by atoms with Crippen LogP contribution in [0.15, 0.2) is 0 Å². The van der Waals surface area contributed by atoms with Crippen molar-refractivity contribution in [2.24, 2.45) is 0 Å². The van der Waals surface area contributed by atoms with E-state index in [1.165, 1.54) is 0 Å². The van der Waals surface area contributed by atoms with Crippen LogP contribution in [0.1, 0.15) is 0 Å². The van der Waals surface area contributed by atoms with Crippen LogP contribution in [-0.2, 0) is 30.3 Å². The van der Waals surface area contributed by atoms with E-state index in [1.807, 2.05) is 0 Å². The van der Waals surface area contributed by atoms with Crippen LogP contribution in [0.3, 0.4) is 0 Å². The summed E-state index contributed by atoms with van der Waals surface area (Å²) in [6.07, 6.45) is 0. The molecule has 9 heteroatoms. The van der Waals surface area contributed by atoms with Crippen LogP contribution in [-0.4, -0.2) is 40.7 Å². The molecule has 0 aromatic carbocycles. The molecule has 0 amide bonds. The van der Waals surface area contributed by atoms with Gasteiger partial charge in [-0.25, -0.2) is 4.57 Å². The molecule has 0 radical (unpaired) electrons. The molecule has 0 aromatic heterocycles. The van der Waals surface area contributed by atoms with Gasteiger partial charge in [-0.15, -0.1) is 0 Å². The van der Waals surface area contributed by atoms with E-state index in [1.54, 1.807) is 0 Å². The zero-order chi connectivity index (χ0) is 8.08. The summed E-state index contributed by atoms with van der Waals surface area (Å²) in [5.74, 6) is 0. The summed E-state index contributed by atoms with van der Waals surface area (Å²) in [5, 5.41) is 7.49. The third-order valence-corrected chi connectivity index (χ3v) is 0. The van der Waals surface area contributed by atoms with E-state index in [2.05, 4.69) is 0 Å². The van der Waals surface area contributed by atoms with Crippen molar-refractivity contribution < 1.29 is 54.9 Å². The topological polar surface area (TPSA) is 115 Å². The van der Waals surface area contributed by atoms with Crippen LogP contribution in [0.2, 0.25) is 0 Å². The Kier molecular flexibility index (Phi) is 14.0. The molecule has 4 N–H and O–H groups in total. The Morgan fingerprint density at radius 2 is 1.30 bits per heavy atom. The average molecular weight is 285 g/mol. The van der Waals surface area contributed by atoms with Crippen LogP contribution in [0, 0.1) is 0 Å². The summed E-state index contributed by atoms with van der Waals surface area (Å²) >= 11 is 0.0822. The van der Waals surface area contributed by atoms with Gasteiger partial charge in [0.1, 0.15) is 0 Å². The Morgan fingerprint density at radius 1 is 1.30 bits per heavy atom. The van der Waals surface area contributed by atoms with Crippen molar-refractivity contribution in [3.05, 3.63) is 0 Å². The molecule has 0 unspecified atom stereocenters. The molecule has 0 aliphatic carbocycles. The van der Waals surface area contributed by atoms with Crippen molar-refractivity contribution in [1.82, 2.24) is 0 Å². The molecule has 0 aliphatic rings. The van der Waals surface area contributed by atoms with Gasteiger partial charge < -0.3 is 14.7 Å². The monoisotopic (exact) mass is 287 g/mol. The molecule has 0 bridgehead atoms. The van der Waals surface area contributed by atoms with Crippen LogP contribution in [0.5, 0.6) is 0 Å². The first-order chi connectivity index (χ1) is 3.73. The number of phosphoric acid groups is 1.